The van der Waals surface area contributed by atoms with Crippen LogP contribution in [0.5, 0.6) is 0 Å². The number of carboxylic acids is 1. The van der Waals surface area contributed by atoms with Crippen LogP contribution in [0.4, 0.5) is 5.69 Å². The highest BCUT2D eigenvalue weighted by Gasteiger charge is 2.03. The molecule has 1 aromatic rings. The number of hydrogen-bond donors (Lipinski definition) is 1. The second-order valence-electron chi connectivity index (χ2n) is 5.04. The van der Waals surface area contributed by atoms with Crippen LogP contribution in [0, 0.1) is 0 Å². The summed E-state index contributed by atoms with van der Waals surface area (Å²) in [6.45, 7) is 0. The minimum absolute atomic E-state index is 0.265. The van der Waals surface area contributed by atoms with E-state index in [0.717, 1.165) is 24.3 Å². The number of hydrazone groups is 1. The minimum atomic E-state index is -0.932. The molecule has 1 N–H and O–H groups in total. The summed E-state index contributed by atoms with van der Waals surface area (Å²) in [4.78, 5) is 10.8. The lowest BCUT2D eigenvalue weighted by Crippen LogP contribution is -2.09. The fourth-order valence-electron chi connectivity index (χ4n) is 2.11. The quantitative estimate of drug-likeness (QED) is 0.644. The molecule has 0 saturated heterocycles. The number of rotatable bonds is 6. The fourth-order valence-corrected chi connectivity index (χ4v) is 2.11. The van der Waals surface area contributed by atoms with Crippen molar-refractivity contribution >= 4 is 17.9 Å². The lowest BCUT2D eigenvalue weighted by molar-refractivity contribution is 0.0697. The van der Waals surface area contributed by atoms with E-state index in [1.54, 1.807) is 36.4 Å². The normalized spacial score (nSPS) is 14.2. The predicted octanol–water partition coefficient (Wildman–Crippen LogP) is 3.61. The largest absolute Gasteiger partial charge is 0.497 e. The summed E-state index contributed by atoms with van der Waals surface area (Å²) in [6.07, 6.45) is 11.5. The summed E-state index contributed by atoms with van der Waals surface area (Å²) >= 11 is 0. The van der Waals surface area contributed by atoms with Crippen molar-refractivity contribution in [1.29, 1.82) is 0 Å². The number of aromatic carboxylic acids is 1. The standard InChI is InChI=1S/C18H20N2O3/c1-20(16-9-7-15(8-10-16)18(21)22)19-13-12-14-4-3-5-17(23-2)11-6-14/h4-11,13H,3,12H2,1-2H3,(H,21,22)/b19-13-. The average Bonchev–Trinajstić information content (AvgIpc) is 2.80. The summed E-state index contributed by atoms with van der Waals surface area (Å²) in [5, 5.41) is 15.0. The van der Waals surface area contributed by atoms with Crippen molar-refractivity contribution in [3.8, 4) is 0 Å². The summed E-state index contributed by atoms with van der Waals surface area (Å²) in [5.74, 6) is -0.0670. The van der Waals surface area contributed by atoms with E-state index in [1.165, 1.54) is 5.57 Å². The van der Waals surface area contributed by atoms with Gasteiger partial charge in [0.1, 0.15) is 5.76 Å². The van der Waals surface area contributed by atoms with Gasteiger partial charge >= 0.3 is 5.97 Å². The molecular weight excluding hydrogens is 292 g/mol. The van der Waals surface area contributed by atoms with E-state index in [0.29, 0.717) is 0 Å². The number of carbonyl (C=O) groups is 1. The van der Waals surface area contributed by atoms with Crippen LogP contribution >= 0.6 is 0 Å². The first-order valence-electron chi connectivity index (χ1n) is 7.31. The first-order valence-corrected chi connectivity index (χ1v) is 7.31. The van der Waals surface area contributed by atoms with Gasteiger partial charge in [-0.1, -0.05) is 12.2 Å². The first-order chi connectivity index (χ1) is 11.1. The zero-order chi connectivity index (χ0) is 16.7. The Balaban J connectivity index is 1.92. The van der Waals surface area contributed by atoms with E-state index in [9.17, 15) is 4.79 Å². The van der Waals surface area contributed by atoms with Gasteiger partial charge in [-0.25, -0.2) is 4.79 Å². The zero-order valence-electron chi connectivity index (χ0n) is 13.3. The summed E-state index contributed by atoms with van der Waals surface area (Å²) in [5.41, 5.74) is 2.27. The highest BCUT2D eigenvalue weighted by Crippen LogP contribution is 2.15. The van der Waals surface area contributed by atoms with Gasteiger partial charge in [-0.15, -0.1) is 0 Å². The van der Waals surface area contributed by atoms with Crippen LogP contribution < -0.4 is 5.01 Å². The second kappa shape index (κ2) is 7.98. The van der Waals surface area contributed by atoms with Gasteiger partial charge in [0.05, 0.1) is 18.4 Å². The van der Waals surface area contributed by atoms with Gasteiger partial charge in [0.25, 0.3) is 0 Å². The molecule has 1 aromatic carbocycles. The van der Waals surface area contributed by atoms with E-state index in [-0.39, 0.29) is 5.56 Å². The van der Waals surface area contributed by atoms with E-state index >= 15 is 0 Å². The molecule has 0 spiro atoms. The Morgan fingerprint density at radius 2 is 2.04 bits per heavy atom. The number of nitrogens with zero attached hydrogens (tertiary/aromatic N) is 2. The molecule has 5 nitrogen and oxygen atoms in total. The molecule has 2 rings (SSSR count). The van der Waals surface area contributed by atoms with E-state index in [4.69, 9.17) is 9.84 Å². The smallest absolute Gasteiger partial charge is 0.335 e. The van der Waals surface area contributed by atoms with Gasteiger partial charge in [-0.3, -0.25) is 5.01 Å². The van der Waals surface area contributed by atoms with Crippen molar-refractivity contribution < 1.29 is 14.6 Å². The van der Waals surface area contributed by atoms with Crippen molar-refractivity contribution in [2.45, 2.75) is 12.8 Å². The van der Waals surface area contributed by atoms with Crippen molar-refractivity contribution in [3.63, 3.8) is 0 Å². The van der Waals surface area contributed by atoms with Crippen LogP contribution in [0.2, 0.25) is 0 Å². The Bertz CT molecular complexity index is 670. The van der Waals surface area contributed by atoms with Gasteiger partial charge < -0.3 is 9.84 Å². The molecule has 0 heterocycles. The number of benzene rings is 1. The van der Waals surface area contributed by atoms with Gasteiger partial charge in [0.15, 0.2) is 0 Å². The summed E-state index contributed by atoms with van der Waals surface area (Å²) in [6, 6.07) is 6.61. The number of anilines is 1. The monoisotopic (exact) mass is 312 g/mol. The molecule has 0 aromatic heterocycles. The maximum absolute atomic E-state index is 10.8. The zero-order valence-corrected chi connectivity index (χ0v) is 13.3. The molecule has 1 aliphatic rings. The van der Waals surface area contributed by atoms with E-state index in [1.807, 2.05) is 31.5 Å². The Morgan fingerprint density at radius 1 is 1.30 bits per heavy atom. The van der Waals surface area contributed by atoms with Crippen molar-refractivity contribution in [2.75, 3.05) is 19.2 Å². The Kier molecular flexibility index (Phi) is 5.74. The molecule has 0 radical (unpaired) electrons. The first kappa shape index (κ1) is 16.5. The SMILES string of the molecule is COC1=CCC=C(C/C=N\N(C)c2ccc(C(=O)O)cc2)C=C1. The third-order valence-electron chi connectivity index (χ3n) is 3.47. The van der Waals surface area contributed by atoms with Crippen molar-refractivity contribution in [3.05, 3.63) is 65.5 Å². The number of allylic oxidation sites excluding steroid dienone is 5. The van der Waals surface area contributed by atoms with Gasteiger partial charge in [-0.05, 0) is 48.4 Å². The number of ether oxygens (including phenoxy) is 1. The molecule has 0 aliphatic heterocycles. The van der Waals surface area contributed by atoms with E-state index < -0.39 is 5.97 Å². The second-order valence-corrected chi connectivity index (χ2v) is 5.04. The lowest BCUT2D eigenvalue weighted by atomic mass is 10.1. The predicted molar refractivity (Wildman–Crippen MR) is 91.8 cm³/mol. The van der Waals surface area contributed by atoms with Crippen LogP contribution in [0.15, 0.2) is 65.0 Å². The maximum atomic E-state index is 10.8. The van der Waals surface area contributed by atoms with Gasteiger partial charge in [-0.2, -0.15) is 5.10 Å². The molecule has 23 heavy (non-hydrogen) atoms. The van der Waals surface area contributed by atoms with Crippen LogP contribution in [0.25, 0.3) is 0 Å². The molecular formula is C18H20N2O3. The molecule has 0 saturated carbocycles. The number of methoxy groups -OCH3 is 1. The van der Waals surface area contributed by atoms with Crippen LogP contribution in [-0.4, -0.2) is 31.4 Å². The van der Waals surface area contributed by atoms with E-state index in [2.05, 4.69) is 11.2 Å². The molecule has 0 fully saturated rings. The Labute approximate surface area is 135 Å². The van der Waals surface area contributed by atoms with Crippen LogP contribution in [-0.2, 0) is 4.74 Å². The lowest BCUT2D eigenvalue weighted by Gasteiger charge is -2.12. The maximum Gasteiger partial charge on any atom is 0.335 e. The van der Waals surface area contributed by atoms with Crippen LogP contribution in [0.3, 0.4) is 0 Å². The van der Waals surface area contributed by atoms with Crippen molar-refractivity contribution in [1.82, 2.24) is 0 Å². The third kappa shape index (κ3) is 4.85. The van der Waals surface area contributed by atoms with Gasteiger partial charge in [0.2, 0.25) is 0 Å². The number of carboxylic acid groups (broad SMARTS) is 1. The average molecular weight is 312 g/mol. The van der Waals surface area contributed by atoms with Gasteiger partial charge in [0, 0.05) is 19.7 Å². The molecule has 120 valence electrons. The molecule has 0 amide bonds. The molecule has 0 bridgehead atoms. The Morgan fingerprint density at radius 3 is 2.70 bits per heavy atom. The highest BCUT2D eigenvalue weighted by molar-refractivity contribution is 5.88. The third-order valence-corrected chi connectivity index (χ3v) is 3.47. The highest BCUT2D eigenvalue weighted by atomic mass is 16.5. The molecule has 0 unspecified atom stereocenters. The van der Waals surface area contributed by atoms with Crippen molar-refractivity contribution in [2.24, 2.45) is 5.10 Å². The summed E-state index contributed by atoms with van der Waals surface area (Å²) < 4.78 is 5.20. The molecule has 5 heteroatoms. The topological polar surface area (TPSA) is 62.1 Å². The Hall–Kier alpha value is -2.82. The summed E-state index contributed by atoms with van der Waals surface area (Å²) in [7, 11) is 3.49. The van der Waals surface area contributed by atoms with Crippen LogP contribution in [0.1, 0.15) is 23.2 Å². The number of hydrogen-bond acceptors (Lipinski definition) is 4. The molecule has 0 atom stereocenters. The molecule has 1 aliphatic carbocycles. The fraction of sp³-hybridized carbons (Fsp3) is 0.222. The minimum Gasteiger partial charge on any atom is -0.497 e.